The van der Waals surface area contributed by atoms with Gasteiger partial charge in [-0.2, -0.15) is 4.31 Å². The van der Waals surface area contributed by atoms with Gasteiger partial charge >= 0.3 is 0 Å². The van der Waals surface area contributed by atoms with E-state index in [2.05, 4.69) is 29.2 Å². The maximum absolute atomic E-state index is 12.9. The van der Waals surface area contributed by atoms with Crippen LogP contribution in [0.2, 0.25) is 0 Å². The minimum atomic E-state index is -3.65. The molecule has 164 valence electrons. The molecule has 2 fully saturated rings. The summed E-state index contributed by atoms with van der Waals surface area (Å²) in [6, 6.07) is 1.01. The lowest BCUT2D eigenvalue weighted by atomic mass is 10.0. The van der Waals surface area contributed by atoms with Gasteiger partial charge in [-0.3, -0.25) is 9.69 Å². The molecule has 0 bridgehead atoms. The highest BCUT2D eigenvalue weighted by Gasteiger charge is 2.34. The molecule has 3 rings (SSSR count). The highest BCUT2D eigenvalue weighted by atomic mass is 32.2. The summed E-state index contributed by atoms with van der Waals surface area (Å²) in [7, 11) is -3.65. The van der Waals surface area contributed by atoms with Gasteiger partial charge in [0.05, 0.1) is 6.54 Å². The molecule has 0 saturated carbocycles. The Hall–Kier alpha value is -1.49. The lowest BCUT2D eigenvalue weighted by Crippen LogP contribution is -2.53. The molecule has 2 aliphatic heterocycles. The van der Waals surface area contributed by atoms with Crippen LogP contribution in [0.15, 0.2) is 9.42 Å². The molecule has 0 aromatic carbocycles. The molecular formula is C19H33N5O4S. The molecule has 0 atom stereocenters. The molecule has 0 aliphatic carbocycles. The quantitative estimate of drug-likeness (QED) is 0.709. The zero-order chi connectivity index (χ0) is 21.2. The molecule has 29 heavy (non-hydrogen) atoms. The molecule has 0 radical (unpaired) electrons. The fourth-order valence-corrected chi connectivity index (χ4v) is 5.88. The second-order valence-electron chi connectivity index (χ2n) is 8.31. The fourth-order valence-electron chi connectivity index (χ4n) is 4.17. The Morgan fingerprint density at radius 1 is 1.14 bits per heavy atom. The number of rotatable bonds is 6. The van der Waals surface area contributed by atoms with Gasteiger partial charge in [0.2, 0.25) is 15.9 Å². The number of carbonyl (C=O) groups excluding carboxylic acids is 1. The molecule has 0 unspecified atom stereocenters. The monoisotopic (exact) mass is 427 g/mol. The van der Waals surface area contributed by atoms with Crippen molar-refractivity contribution in [3.8, 4) is 0 Å². The van der Waals surface area contributed by atoms with Crippen LogP contribution in [0.3, 0.4) is 0 Å². The van der Waals surface area contributed by atoms with Gasteiger partial charge in [0.1, 0.15) is 10.6 Å². The van der Waals surface area contributed by atoms with Crippen LogP contribution in [-0.4, -0.2) is 91.5 Å². The standard InChI is InChI=1S/C19H33N5O4S/c1-14(2)20-17-5-7-22(8-6-17)13-18(25)23-9-11-24(12-10-23)29(26,27)19-15(3)21-28-16(19)4/h14,17,20H,5-13H2,1-4H3. The van der Waals surface area contributed by atoms with E-state index in [1.165, 1.54) is 4.31 Å². The zero-order valence-corrected chi connectivity index (χ0v) is 18.7. The Balaban J connectivity index is 1.49. The zero-order valence-electron chi connectivity index (χ0n) is 17.8. The number of nitrogens with one attached hydrogen (secondary N) is 1. The number of sulfonamides is 1. The first-order valence-electron chi connectivity index (χ1n) is 10.4. The Labute approximate surface area is 173 Å². The summed E-state index contributed by atoms with van der Waals surface area (Å²) >= 11 is 0. The van der Waals surface area contributed by atoms with E-state index in [1.807, 2.05) is 0 Å². The van der Waals surface area contributed by atoms with E-state index < -0.39 is 10.0 Å². The summed E-state index contributed by atoms with van der Waals surface area (Å²) in [4.78, 5) is 16.8. The third-order valence-electron chi connectivity index (χ3n) is 5.67. The molecule has 2 aliphatic rings. The summed E-state index contributed by atoms with van der Waals surface area (Å²) in [5.74, 6) is 0.381. The summed E-state index contributed by atoms with van der Waals surface area (Å²) in [6.07, 6.45) is 2.10. The Morgan fingerprint density at radius 2 is 1.76 bits per heavy atom. The van der Waals surface area contributed by atoms with Crippen LogP contribution in [0, 0.1) is 13.8 Å². The molecule has 1 aromatic heterocycles. The highest BCUT2D eigenvalue weighted by molar-refractivity contribution is 7.89. The van der Waals surface area contributed by atoms with Crippen LogP contribution in [0.4, 0.5) is 0 Å². The van der Waals surface area contributed by atoms with Crippen molar-refractivity contribution in [2.24, 2.45) is 0 Å². The maximum Gasteiger partial charge on any atom is 0.248 e. The molecular weight excluding hydrogens is 394 g/mol. The number of hydrogen-bond donors (Lipinski definition) is 1. The molecule has 3 heterocycles. The fraction of sp³-hybridized carbons (Fsp3) is 0.789. The van der Waals surface area contributed by atoms with Crippen LogP contribution in [0.1, 0.15) is 38.1 Å². The Bertz CT molecular complexity index is 787. The molecule has 1 aromatic rings. The summed E-state index contributed by atoms with van der Waals surface area (Å²) in [5, 5.41) is 7.31. The van der Waals surface area contributed by atoms with Gasteiger partial charge in [-0.05, 0) is 26.7 Å². The van der Waals surface area contributed by atoms with Crippen LogP contribution in [0.25, 0.3) is 0 Å². The van der Waals surface area contributed by atoms with E-state index in [-0.39, 0.29) is 10.8 Å². The van der Waals surface area contributed by atoms with Crippen molar-refractivity contribution in [1.29, 1.82) is 0 Å². The van der Waals surface area contributed by atoms with E-state index >= 15 is 0 Å². The minimum Gasteiger partial charge on any atom is -0.360 e. The van der Waals surface area contributed by atoms with Gasteiger partial charge in [0, 0.05) is 51.4 Å². The van der Waals surface area contributed by atoms with E-state index in [1.54, 1.807) is 18.7 Å². The first-order chi connectivity index (χ1) is 13.7. The van der Waals surface area contributed by atoms with E-state index in [9.17, 15) is 13.2 Å². The number of amides is 1. The maximum atomic E-state index is 12.9. The minimum absolute atomic E-state index is 0.0784. The number of piperidine rings is 1. The van der Waals surface area contributed by atoms with Crippen molar-refractivity contribution >= 4 is 15.9 Å². The number of hydrogen-bond acceptors (Lipinski definition) is 7. The number of aromatic nitrogens is 1. The third kappa shape index (κ3) is 5.17. The first kappa shape index (κ1) is 22.2. The second kappa shape index (κ2) is 9.11. The van der Waals surface area contributed by atoms with Gasteiger partial charge in [-0.1, -0.05) is 19.0 Å². The first-order valence-corrected chi connectivity index (χ1v) is 11.8. The summed E-state index contributed by atoms with van der Waals surface area (Å²) < 4.78 is 32.2. The van der Waals surface area contributed by atoms with Crippen LogP contribution >= 0.6 is 0 Å². The SMILES string of the molecule is Cc1noc(C)c1S(=O)(=O)N1CCN(C(=O)CN2CCC(NC(C)C)CC2)CC1. The average Bonchev–Trinajstić information content (AvgIpc) is 3.02. The molecule has 1 N–H and O–H groups in total. The van der Waals surface area contributed by atoms with Crippen molar-refractivity contribution < 1.29 is 17.7 Å². The van der Waals surface area contributed by atoms with E-state index in [0.717, 1.165) is 25.9 Å². The second-order valence-corrected chi connectivity index (χ2v) is 10.2. The smallest absolute Gasteiger partial charge is 0.248 e. The Morgan fingerprint density at radius 3 is 2.28 bits per heavy atom. The largest absolute Gasteiger partial charge is 0.360 e. The molecule has 2 saturated heterocycles. The number of piperazine rings is 1. The highest BCUT2D eigenvalue weighted by Crippen LogP contribution is 2.24. The van der Waals surface area contributed by atoms with Crippen molar-refractivity contribution in [2.45, 2.75) is 57.5 Å². The van der Waals surface area contributed by atoms with E-state index in [0.29, 0.717) is 56.3 Å². The number of carbonyl (C=O) groups is 1. The molecule has 10 heteroatoms. The van der Waals surface area contributed by atoms with Gasteiger partial charge in [0.25, 0.3) is 0 Å². The van der Waals surface area contributed by atoms with Crippen molar-refractivity contribution in [2.75, 3.05) is 45.8 Å². The van der Waals surface area contributed by atoms with Gasteiger partial charge in [-0.15, -0.1) is 0 Å². The molecule has 0 spiro atoms. The van der Waals surface area contributed by atoms with Crippen molar-refractivity contribution in [3.05, 3.63) is 11.5 Å². The average molecular weight is 428 g/mol. The normalized spacial score (nSPS) is 20.5. The number of likely N-dealkylation sites (tertiary alicyclic amines) is 1. The van der Waals surface area contributed by atoms with Gasteiger partial charge in [0.15, 0.2) is 5.76 Å². The number of nitrogens with zero attached hydrogens (tertiary/aromatic N) is 4. The van der Waals surface area contributed by atoms with Crippen LogP contribution in [-0.2, 0) is 14.8 Å². The predicted octanol–water partition coefficient (Wildman–Crippen LogP) is 0.587. The van der Waals surface area contributed by atoms with Crippen molar-refractivity contribution in [1.82, 2.24) is 24.6 Å². The molecule has 1 amide bonds. The van der Waals surface area contributed by atoms with Gasteiger partial charge < -0.3 is 14.7 Å². The lowest BCUT2D eigenvalue weighted by Gasteiger charge is -2.37. The topological polar surface area (TPSA) is 99.0 Å². The summed E-state index contributed by atoms with van der Waals surface area (Å²) in [6.45, 7) is 11.2. The van der Waals surface area contributed by atoms with Crippen molar-refractivity contribution in [3.63, 3.8) is 0 Å². The Kier molecular flexibility index (Phi) is 6.98. The van der Waals surface area contributed by atoms with Gasteiger partial charge in [-0.25, -0.2) is 8.42 Å². The lowest BCUT2D eigenvalue weighted by molar-refractivity contribution is -0.133. The van der Waals surface area contributed by atoms with Crippen LogP contribution in [0.5, 0.6) is 0 Å². The predicted molar refractivity (Wildman–Crippen MR) is 109 cm³/mol. The molecule has 9 nitrogen and oxygen atoms in total. The van der Waals surface area contributed by atoms with Crippen LogP contribution < -0.4 is 5.32 Å². The third-order valence-corrected chi connectivity index (χ3v) is 7.82. The van der Waals surface area contributed by atoms with E-state index in [4.69, 9.17) is 4.52 Å². The number of aryl methyl sites for hydroxylation is 2. The summed E-state index contributed by atoms with van der Waals surface area (Å²) in [5.41, 5.74) is 0.372.